The molecule has 0 atom stereocenters. The minimum absolute atomic E-state index is 0.0471. The van der Waals surface area contributed by atoms with Gasteiger partial charge >= 0.3 is 6.11 Å². The van der Waals surface area contributed by atoms with Gasteiger partial charge in [0, 0.05) is 0 Å². The van der Waals surface area contributed by atoms with Crippen LogP contribution in [0.25, 0.3) is 0 Å². The topological polar surface area (TPSA) is 9.23 Å². The van der Waals surface area contributed by atoms with Crippen molar-refractivity contribution in [2.75, 3.05) is 0 Å². The summed E-state index contributed by atoms with van der Waals surface area (Å²) in [6.45, 7) is 4.39. The second-order valence-corrected chi connectivity index (χ2v) is 11.8. The normalized spacial score (nSPS) is 32.4. The van der Waals surface area contributed by atoms with Gasteiger partial charge in [0.15, 0.2) is 11.6 Å². The molecule has 0 heterocycles. The van der Waals surface area contributed by atoms with Crippen molar-refractivity contribution in [3.8, 4) is 5.75 Å². The van der Waals surface area contributed by atoms with Gasteiger partial charge in [0.2, 0.25) is 5.82 Å². The number of halogens is 4. The number of alkyl halides is 2. The van der Waals surface area contributed by atoms with Crippen LogP contribution in [-0.4, -0.2) is 6.11 Å². The maximum absolute atomic E-state index is 15.0. The van der Waals surface area contributed by atoms with E-state index in [1.165, 1.54) is 50.7 Å². The predicted molar refractivity (Wildman–Crippen MR) is 133 cm³/mol. The molecule has 0 bridgehead atoms. The number of ether oxygens (including phenoxy) is 1. The van der Waals surface area contributed by atoms with E-state index in [9.17, 15) is 8.78 Å². The zero-order valence-corrected chi connectivity index (χ0v) is 21.6. The molecule has 1 nitrogen and oxygen atoms in total. The highest BCUT2D eigenvalue weighted by Crippen LogP contribution is 2.46. The molecular weight excluding hydrogens is 452 g/mol. The van der Waals surface area contributed by atoms with Gasteiger partial charge in [-0.3, -0.25) is 0 Å². The van der Waals surface area contributed by atoms with Crippen molar-refractivity contribution in [2.45, 2.75) is 122 Å². The predicted octanol–water partition coefficient (Wildman–Crippen LogP) is 10.0. The molecule has 3 aliphatic rings. The van der Waals surface area contributed by atoms with E-state index in [4.69, 9.17) is 4.74 Å². The quantitative estimate of drug-likeness (QED) is 0.325. The zero-order valence-electron chi connectivity index (χ0n) is 21.6. The van der Waals surface area contributed by atoms with Crippen LogP contribution in [0.5, 0.6) is 5.75 Å². The molecule has 3 aliphatic carbocycles. The molecule has 198 valence electrons. The van der Waals surface area contributed by atoms with E-state index in [-0.39, 0.29) is 5.92 Å². The van der Waals surface area contributed by atoms with Crippen LogP contribution in [0.1, 0.15) is 122 Å². The first kappa shape index (κ1) is 26.8. The van der Waals surface area contributed by atoms with E-state index in [2.05, 4.69) is 13.8 Å². The van der Waals surface area contributed by atoms with Gasteiger partial charge in [-0.15, -0.1) is 0 Å². The Kier molecular flexibility index (Phi) is 9.08. The van der Waals surface area contributed by atoms with Crippen molar-refractivity contribution < 1.29 is 22.3 Å². The number of benzene rings is 1. The Bertz CT molecular complexity index is 801. The summed E-state index contributed by atoms with van der Waals surface area (Å²) in [6, 6.07) is 2.68. The van der Waals surface area contributed by atoms with Gasteiger partial charge in [0.1, 0.15) is 0 Å². The van der Waals surface area contributed by atoms with Gasteiger partial charge in [0.05, 0.1) is 5.92 Å². The summed E-state index contributed by atoms with van der Waals surface area (Å²) < 4.78 is 64.7. The lowest BCUT2D eigenvalue weighted by Gasteiger charge is -2.39. The van der Waals surface area contributed by atoms with Gasteiger partial charge < -0.3 is 4.74 Å². The van der Waals surface area contributed by atoms with Gasteiger partial charge in [-0.25, -0.2) is 4.39 Å². The third-order valence-corrected chi connectivity index (χ3v) is 9.69. The Morgan fingerprint density at radius 2 is 1.31 bits per heavy atom. The molecule has 0 saturated heterocycles. The van der Waals surface area contributed by atoms with Gasteiger partial charge in [-0.1, -0.05) is 52.0 Å². The largest absolute Gasteiger partial charge is 0.429 e. The average Bonchev–Trinajstić information content (AvgIpc) is 2.88. The van der Waals surface area contributed by atoms with Crippen molar-refractivity contribution in [3.05, 3.63) is 29.3 Å². The van der Waals surface area contributed by atoms with Crippen molar-refractivity contribution >= 4 is 0 Å². The van der Waals surface area contributed by atoms with Crippen molar-refractivity contribution in [1.29, 1.82) is 0 Å². The monoisotopic (exact) mass is 496 g/mol. The van der Waals surface area contributed by atoms with Gasteiger partial charge in [-0.2, -0.15) is 13.2 Å². The van der Waals surface area contributed by atoms with Crippen molar-refractivity contribution in [2.24, 2.45) is 29.6 Å². The fraction of sp³-hybridized carbons (Fsp3) is 0.800. The fourth-order valence-electron chi connectivity index (χ4n) is 7.34. The summed E-state index contributed by atoms with van der Waals surface area (Å²) in [5.41, 5.74) is 0.307. The first-order valence-corrected chi connectivity index (χ1v) is 14.4. The molecule has 0 aliphatic heterocycles. The second kappa shape index (κ2) is 11.9. The summed E-state index contributed by atoms with van der Waals surface area (Å²) in [7, 11) is 0. The maximum Gasteiger partial charge on any atom is 0.400 e. The number of rotatable bonds is 8. The first-order chi connectivity index (χ1) is 16.8. The lowest BCUT2D eigenvalue weighted by atomic mass is 9.68. The molecule has 0 amide bonds. The average molecular weight is 497 g/mol. The highest BCUT2D eigenvalue weighted by atomic mass is 19.3. The minimum atomic E-state index is -3.49. The highest BCUT2D eigenvalue weighted by Gasteiger charge is 2.45. The van der Waals surface area contributed by atoms with E-state index >= 15 is 8.78 Å². The Balaban J connectivity index is 1.32. The molecule has 0 radical (unpaired) electrons. The van der Waals surface area contributed by atoms with E-state index in [1.807, 2.05) is 0 Å². The van der Waals surface area contributed by atoms with Crippen LogP contribution in [0.15, 0.2) is 12.1 Å². The van der Waals surface area contributed by atoms with Crippen molar-refractivity contribution in [3.63, 3.8) is 0 Å². The van der Waals surface area contributed by atoms with Crippen LogP contribution < -0.4 is 4.74 Å². The molecule has 4 rings (SSSR count). The number of hydrogen-bond acceptors (Lipinski definition) is 1. The second-order valence-electron chi connectivity index (χ2n) is 11.8. The van der Waals surface area contributed by atoms with Crippen LogP contribution in [0.2, 0.25) is 0 Å². The smallest absolute Gasteiger partial charge is 0.400 e. The Morgan fingerprint density at radius 3 is 1.89 bits per heavy atom. The van der Waals surface area contributed by atoms with E-state index in [0.717, 1.165) is 50.9 Å². The van der Waals surface area contributed by atoms with Crippen LogP contribution in [-0.2, 0) is 0 Å². The molecule has 0 N–H and O–H groups in total. The number of hydrogen-bond donors (Lipinski definition) is 0. The van der Waals surface area contributed by atoms with Crippen LogP contribution in [0.3, 0.4) is 0 Å². The standard InChI is InChI=1S/C30H44F4O/c1-3-5-21-8-10-22(11-9-21)23-14-16-25(17-15-23)30(33,34)35-27-19-18-26(28(31)29(27)32)24-12-6-20(4-2)7-13-24/h18-25H,3-17H2,1-2H3. The minimum Gasteiger partial charge on any atom is -0.429 e. The Labute approximate surface area is 209 Å². The molecule has 3 saturated carbocycles. The third kappa shape index (κ3) is 6.36. The molecule has 0 spiro atoms. The lowest BCUT2D eigenvalue weighted by Crippen LogP contribution is -2.38. The summed E-state index contributed by atoms with van der Waals surface area (Å²) in [5, 5.41) is 0. The van der Waals surface area contributed by atoms with Gasteiger partial charge in [0.25, 0.3) is 0 Å². The van der Waals surface area contributed by atoms with Gasteiger partial charge in [-0.05, 0) is 105 Å². The molecule has 3 fully saturated rings. The SMILES string of the molecule is CCCC1CCC(C2CCC(C(F)(F)Oc3ccc(C4CCC(CC)CC4)c(F)c3F)CC2)CC1. The first-order valence-electron chi connectivity index (χ1n) is 14.4. The summed E-state index contributed by atoms with van der Waals surface area (Å²) in [4.78, 5) is 0. The Morgan fingerprint density at radius 1 is 0.743 bits per heavy atom. The molecule has 0 aromatic heterocycles. The lowest BCUT2D eigenvalue weighted by molar-refractivity contribution is -0.225. The maximum atomic E-state index is 15.0. The Hall–Kier alpha value is -1.26. The molecule has 35 heavy (non-hydrogen) atoms. The third-order valence-electron chi connectivity index (χ3n) is 9.69. The van der Waals surface area contributed by atoms with Crippen LogP contribution in [0.4, 0.5) is 17.6 Å². The summed E-state index contributed by atoms with van der Waals surface area (Å²) in [6.07, 6.45) is 11.1. The van der Waals surface area contributed by atoms with Crippen LogP contribution in [0, 0.1) is 41.2 Å². The van der Waals surface area contributed by atoms with E-state index in [0.29, 0.717) is 36.2 Å². The molecule has 5 heteroatoms. The zero-order chi connectivity index (χ0) is 25.0. The summed E-state index contributed by atoms with van der Waals surface area (Å²) in [5.74, 6) is -1.26. The summed E-state index contributed by atoms with van der Waals surface area (Å²) >= 11 is 0. The van der Waals surface area contributed by atoms with Crippen LogP contribution >= 0.6 is 0 Å². The molecular formula is C30H44F4O. The molecule has 1 aromatic rings. The fourth-order valence-corrected chi connectivity index (χ4v) is 7.34. The molecule has 1 aromatic carbocycles. The van der Waals surface area contributed by atoms with E-state index < -0.39 is 29.4 Å². The van der Waals surface area contributed by atoms with Crippen molar-refractivity contribution in [1.82, 2.24) is 0 Å². The van der Waals surface area contributed by atoms with E-state index in [1.54, 1.807) is 0 Å². The molecule has 0 unspecified atom stereocenters. The highest BCUT2D eigenvalue weighted by molar-refractivity contribution is 5.33.